The van der Waals surface area contributed by atoms with E-state index in [-0.39, 0.29) is 0 Å². The highest BCUT2D eigenvalue weighted by Gasteiger charge is 2.39. The molecule has 1 nitrogen and oxygen atoms in total. The highest BCUT2D eigenvalue weighted by Crippen LogP contribution is 2.49. The molecule has 0 radical (unpaired) electrons. The fourth-order valence-corrected chi connectivity index (χ4v) is 3.66. The second-order valence-corrected chi connectivity index (χ2v) is 5.81. The smallest absolute Gasteiger partial charge is 0.0252 e. The molecule has 0 aliphatic heterocycles. The fourth-order valence-electron chi connectivity index (χ4n) is 3.66. The van der Waals surface area contributed by atoms with Crippen molar-refractivity contribution in [1.82, 2.24) is 5.32 Å². The van der Waals surface area contributed by atoms with E-state index in [9.17, 15) is 0 Å². The summed E-state index contributed by atoms with van der Waals surface area (Å²) in [5.41, 5.74) is 1.44. The maximum Gasteiger partial charge on any atom is 0.0252 e. The van der Waals surface area contributed by atoms with Crippen molar-refractivity contribution in [3.05, 3.63) is 11.6 Å². The minimum atomic E-state index is 0.611. The highest BCUT2D eigenvalue weighted by atomic mass is 14.9. The van der Waals surface area contributed by atoms with Crippen LogP contribution in [-0.4, -0.2) is 13.1 Å². The van der Waals surface area contributed by atoms with E-state index in [0.29, 0.717) is 6.04 Å². The van der Waals surface area contributed by atoms with Crippen molar-refractivity contribution >= 4 is 0 Å². The van der Waals surface area contributed by atoms with Crippen molar-refractivity contribution in [2.24, 2.45) is 17.8 Å². The molecule has 0 amide bonds. The molecule has 0 aromatic rings. The van der Waals surface area contributed by atoms with Crippen LogP contribution in [0.2, 0.25) is 0 Å². The van der Waals surface area contributed by atoms with E-state index >= 15 is 0 Å². The normalized spacial score (nSPS) is 35.5. The average Bonchev–Trinajstić information content (AvgIpc) is 2.77. The Bertz CT molecular complexity index is 240. The van der Waals surface area contributed by atoms with Crippen LogP contribution in [0.5, 0.6) is 0 Å². The van der Waals surface area contributed by atoms with E-state index in [2.05, 4.69) is 32.3 Å². The third-order valence-electron chi connectivity index (χ3n) is 4.35. The lowest BCUT2D eigenvalue weighted by Crippen LogP contribution is -2.28. The quantitative estimate of drug-likeness (QED) is 0.697. The monoisotopic (exact) mass is 207 g/mol. The molecule has 4 atom stereocenters. The van der Waals surface area contributed by atoms with Crippen molar-refractivity contribution in [3.63, 3.8) is 0 Å². The van der Waals surface area contributed by atoms with E-state index in [1.54, 1.807) is 0 Å². The lowest BCUT2D eigenvalue weighted by atomic mass is 9.84. The van der Waals surface area contributed by atoms with E-state index in [0.717, 1.165) is 17.8 Å². The van der Waals surface area contributed by atoms with E-state index in [1.807, 2.05) is 0 Å². The number of allylic oxidation sites excluding steroid dienone is 1. The van der Waals surface area contributed by atoms with Gasteiger partial charge in [-0.2, -0.15) is 0 Å². The molecule has 2 aliphatic rings. The second kappa shape index (κ2) is 4.69. The number of rotatable bonds is 4. The van der Waals surface area contributed by atoms with Gasteiger partial charge < -0.3 is 5.32 Å². The maximum absolute atomic E-state index is 3.44. The summed E-state index contributed by atoms with van der Waals surface area (Å²) >= 11 is 0. The summed E-state index contributed by atoms with van der Waals surface area (Å²) in [6, 6.07) is 0.611. The molecular weight excluding hydrogens is 182 g/mol. The first-order chi connectivity index (χ1) is 7.19. The Kier molecular flexibility index (Phi) is 3.50. The Hall–Kier alpha value is -0.300. The van der Waals surface area contributed by atoms with Gasteiger partial charge in [0.05, 0.1) is 0 Å². The Morgan fingerprint density at radius 3 is 2.60 bits per heavy atom. The van der Waals surface area contributed by atoms with Crippen molar-refractivity contribution in [1.29, 1.82) is 0 Å². The topological polar surface area (TPSA) is 12.0 Å². The zero-order chi connectivity index (χ0) is 10.8. The first-order valence-electron chi connectivity index (χ1n) is 6.51. The van der Waals surface area contributed by atoms with Gasteiger partial charge in [0.15, 0.2) is 0 Å². The van der Waals surface area contributed by atoms with Gasteiger partial charge in [-0.1, -0.05) is 18.1 Å². The molecule has 86 valence electrons. The fraction of sp³-hybridized carbons (Fsp3) is 0.857. The summed E-state index contributed by atoms with van der Waals surface area (Å²) in [5, 5.41) is 3.44. The van der Waals surface area contributed by atoms with Crippen molar-refractivity contribution in [2.45, 2.75) is 52.0 Å². The SMILES string of the molecule is CNC(C=C(C)C)CC1CC2CCC1C2. The van der Waals surface area contributed by atoms with Gasteiger partial charge in [-0.3, -0.25) is 0 Å². The molecule has 2 bridgehead atoms. The largest absolute Gasteiger partial charge is 0.314 e. The Morgan fingerprint density at radius 1 is 1.33 bits per heavy atom. The molecule has 15 heavy (non-hydrogen) atoms. The van der Waals surface area contributed by atoms with Crippen LogP contribution >= 0.6 is 0 Å². The molecule has 0 aromatic carbocycles. The van der Waals surface area contributed by atoms with Crippen LogP contribution in [0.15, 0.2) is 11.6 Å². The first kappa shape index (κ1) is 11.2. The number of nitrogens with one attached hydrogen (secondary N) is 1. The van der Waals surface area contributed by atoms with E-state index in [4.69, 9.17) is 0 Å². The van der Waals surface area contributed by atoms with E-state index < -0.39 is 0 Å². The summed E-state index contributed by atoms with van der Waals surface area (Å²) in [4.78, 5) is 0. The van der Waals surface area contributed by atoms with Crippen molar-refractivity contribution in [2.75, 3.05) is 7.05 Å². The minimum absolute atomic E-state index is 0.611. The summed E-state index contributed by atoms with van der Waals surface area (Å²) in [6.45, 7) is 4.40. The average molecular weight is 207 g/mol. The van der Waals surface area contributed by atoms with E-state index in [1.165, 1.54) is 37.7 Å². The summed E-state index contributed by atoms with van der Waals surface area (Å²) in [6.07, 6.45) is 9.85. The van der Waals surface area contributed by atoms with Crippen LogP contribution in [0.25, 0.3) is 0 Å². The summed E-state index contributed by atoms with van der Waals surface area (Å²) in [5.74, 6) is 3.16. The molecule has 2 saturated carbocycles. The van der Waals surface area contributed by atoms with Crippen LogP contribution in [0.4, 0.5) is 0 Å². The van der Waals surface area contributed by atoms with Gasteiger partial charge in [-0.05, 0) is 64.3 Å². The van der Waals surface area contributed by atoms with Crippen LogP contribution in [0.3, 0.4) is 0 Å². The Labute approximate surface area is 94.3 Å². The number of hydrogen-bond donors (Lipinski definition) is 1. The van der Waals surface area contributed by atoms with Crippen molar-refractivity contribution < 1.29 is 0 Å². The van der Waals surface area contributed by atoms with Gasteiger partial charge in [-0.25, -0.2) is 0 Å². The van der Waals surface area contributed by atoms with Gasteiger partial charge in [0.2, 0.25) is 0 Å². The third-order valence-corrected chi connectivity index (χ3v) is 4.35. The molecule has 4 unspecified atom stereocenters. The molecule has 0 aromatic heterocycles. The molecule has 0 spiro atoms. The van der Waals surface area contributed by atoms with Gasteiger partial charge in [0.1, 0.15) is 0 Å². The van der Waals surface area contributed by atoms with Crippen LogP contribution < -0.4 is 5.32 Å². The molecule has 1 N–H and O–H groups in total. The summed E-state index contributed by atoms with van der Waals surface area (Å²) < 4.78 is 0. The highest BCUT2D eigenvalue weighted by molar-refractivity contribution is 5.03. The molecule has 1 heteroatoms. The minimum Gasteiger partial charge on any atom is -0.314 e. The van der Waals surface area contributed by atoms with Gasteiger partial charge >= 0.3 is 0 Å². The number of likely N-dealkylation sites (N-methyl/N-ethyl adjacent to an activating group) is 1. The molecule has 2 rings (SSSR count). The standard InChI is InChI=1S/C14H25N/c1-10(2)6-14(15-3)9-13-8-11-4-5-12(13)7-11/h6,11-15H,4-5,7-9H2,1-3H3. The van der Waals surface area contributed by atoms with Gasteiger partial charge in [0, 0.05) is 6.04 Å². The number of fused-ring (bicyclic) bond motifs is 2. The van der Waals surface area contributed by atoms with Crippen molar-refractivity contribution in [3.8, 4) is 0 Å². The maximum atomic E-state index is 3.44. The van der Waals surface area contributed by atoms with Crippen LogP contribution in [0, 0.1) is 17.8 Å². The number of hydrogen-bond acceptors (Lipinski definition) is 1. The lowest BCUT2D eigenvalue weighted by molar-refractivity contribution is 0.296. The predicted octanol–water partition coefficient (Wildman–Crippen LogP) is 3.37. The molecule has 2 fully saturated rings. The first-order valence-corrected chi connectivity index (χ1v) is 6.51. The van der Waals surface area contributed by atoms with Gasteiger partial charge in [0.25, 0.3) is 0 Å². The zero-order valence-electron chi connectivity index (χ0n) is 10.4. The molecule has 2 aliphatic carbocycles. The second-order valence-electron chi connectivity index (χ2n) is 5.81. The van der Waals surface area contributed by atoms with Crippen LogP contribution in [-0.2, 0) is 0 Å². The molecule has 0 heterocycles. The summed E-state index contributed by atoms with van der Waals surface area (Å²) in [7, 11) is 2.09. The Balaban J connectivity index is 1.87. The molecule has 0 saturated heterocycles. The molecular formula is C14H25N. The Morgan fingerprint density at radius 2 is 2.13 bits per heavy atom. The zero-order valence-corrected chi connectivity index (χ0v) is 10.4. The third kappa shape index (κ3) is 2.63. The lowest BCUT2D eigenvalue weighted by Gasteiger charge is -2.25. The van der Waals surface area contributed by atoms with Gasteiger partial charge in [-0.15, -0.1) is 0 Å². The predicted molar refractivity (Wildman–Crippen MR) is 65.8 cm³/mol. The van der Waals surface area contributed by atoms with Crippen LogP contribution in [0.1, 0.15) is 46.0 Å².